The van der Waals surface area contributed by atoms with Crippen LogP contribution >= 0.6 is 11.6 Å². The van der Waals surface area contributed by atoms with Gasteiger partial charge in [-0.1, -0.05) is 23.7 Å². The van der Waals surface area contributed by atoms with Crippen molar-refractivity contribution in [1.29, 1.82) is 0 Å². The van der Waals surface area contributed by atoms with E-state index in [0.29, 0.717) is 0 Å². The van der Waals surface area contributed by atoms with Crippen LogP contribution < -0.4 is 0 Å². The van der Waals surface area contributed by atoms with Gasteiger partial charge in [0.05, 0.1) is 0 Å². The molecule has 0 amide bonds. The fourth-order valence-electron chi connectivity index (χ4n) is 1.18. The molecule has 1 aliphatic rings. The summed E-state index contributed by atoms with van der Waals surface area (Å²) in [5, 5.41) is 7.75. The average Bonchev–Trinajstić information content (AvgIpc) is 2.87. The molecule has 1 aliphatic carbocycles. The molecule has 0 aromatic heterocycles. The van der Waals surface area contributed by atoms with E-state index in [9.17, 15) is 0 Å². The summed E-state index contributed by atoms with van der Waals surface area (Å²) in [5.41, 5.74) is 1.41. The Morgan fingerprint density at radius 1 is 1.46 bits per heavy atom. The van der Waals surface area contributed by atoms with Gasteiger partial charge in [-0.05, 0) is 36.5 Å². The van der Waals surface area contributed by atoms with Crippen molar-refractivity contribution in [3.05, 3.63) is 34.9 Å². The Bertz CT molecular complexity index is 282. The largest absolute Gasteiger partial charge is 0.483 e. The average molecular weight is 199 g/mol. The maximum atomic E-state index is 8.36. The quantitative estimate of drug-likeness (QED) is 0.705. The predicted octanol–water partition coefficient (Wildman–Crippen LogP) is 2.92. The number of carboxylic acid groups (broad SMARTS) is 1. The fraction of sp³-hybridized carbons (Fsp3) is 0.300. The summed E-state index contributed by atoms with van der Waals surface area (Å²) in [6.45, 7) is -0.250. The van der Waals surface area contributed by atoms with Crippen LogP contribution in [0, 0.1) is 0 Å². The van der Waals surface area contributed by atoms with Crippen molar-refractivity contribution in [2.24, 2.45) is 0 Å². The van der Waals surface area contributed by atoms with Crippen LogP contribution in [-0.4, -0.2) is 11.6 Å². The molecule has 0 unspecified atom stereocenters. The summed E-state index contributed by atoms with van der Waals surface area (Å²) in [6.07, 6.45) is 2.70. The van der Waals surface area contributed by atoms with E-state index in [1.807, 2.05) is 12.1 Å². The van der Waals surface area contributed by atoms with Crippen LogP contribution in [0.2, 0.25) is 5.02 Å². The normalized spacial score (nSPS) is 14.2. The van der Waals surface area contributed by atoms with Crippen molar-refractivity contribution in [3.63, 3.8) is 0 Å². The van der Waals surface area contributed by atoms with Gasteiger partial charge in [0.25, 0.3) is 6.47 Å². The van der Waals surface area contributed by atoms with E-state index in [1.165, 1.54) is 18.4 Å². The third-order valence-electron chi connectivity index (χ3n) is 1.90. The molecule has 0 radical (unpaired) electrons. The molecular weight excluding hydrogens is 188 g/mol. The second-order valence-corrected chi connectivity index (χ2v) is 3.37. The Morgan fingerprint density at radius 2 is 2.08 bits per heavy atom. The number of hydrogen-bond acceptors (Lipinski definition) is 1. The van der Waals surface area contributed by atoms with Gasteiger partial charge in [0, 0.05) is 5.02 Å². The zero-order valence-corrected chi connectivity index (χ0v) is 7.87. The monoisotopic (exact) mass is 198 g/mol. The molecule has 0 heterocycles. The van der Waals surface area contributed by atoms with E-state index >= 15 is 0 Å². The van der Waals surface area contributed by atoms with Crippen LogP contribution in [-0.2, 0) is 4.79 Å². The van der Waals surface area contributed by atoms with Gasteiger partial charge in [0.1, 0.15) is 0 Å². The minimum Gasteiger partial charge on any atom is -0.483 e. The molecule has 0 bridgehead atoms. The van der Waals surface area contributed by atoms with Crippen molar-refractivity contribution < 1.29 is 9.90 Å². The Morgan fingerprint density at radius 3 is 2.54 bits per heavy atom. The lowest BCUT2D eigenvalue weighted by atomic mass is 10.1. The second kappa shape index (κ2) is 4.87. The van der Waals surface area contributed by atoms with Gasteiger partial charge >= 0.3 is 0 Å². The lowest BCUT2D eigenvalue weighted by molar-refractivity contribution is -0.122. The van der Waals surface area contributed by atoms with Crippen LogP contribution in [0.1, 0.15) is 24.3 Å². The van der Waals surface area contributed by atoms with Crippen molar-refractivity contribution in [3.8, 4) is 0 Å². The maximum absolute atomic E-state index is 8.36. The fourth-order valence-corrected chi connectivity index (χ4v) is 1.38. The zero-order valence-electron chi connectivity index (χ0n) is 7.11. The Kier molecular flexibility index (Phi) is 3.77. The molecule has 2 nitrogen and oxygen atoms in total. The van der Waals surface area contributed by atoms with Crippen LogP contribution in [0.25, 0.3) is 0 Å². The summed E-state index contributed by atoms with van der Waals surface area (Å²) in [5.74, 6) is 0.818. The second-order valence-electron chi connectivity index (χ2n) is 2.93. The lowest BCUT2D eigenvalue weighted by Crippen LogP contribution is -1.75. The van der Waals surface area contributed by atoms with E-state index in [-0.39, 0.29) is 6.47 Å². The maximum Gasteiger partial charge on any atom is 0.290 e. The molecule has 2 rings (SSSR count). The summed E-state index contributed by atoms with van der Waals surface area (Å²) in [4.78, 5) is 8.36. The minimum atomic E-state index is -0.250. The van der Waals surface area contributed by atoms with Gasteiger partial charge in [0.2, 0.25) is 0 Å². The van der Waals surface area contributed by atoms with Crippen molar-refractivity contribution in [2.75, 3.05) is 0 Å². The molecule has 0 spiro atoms. The molecular formula is C10H11ClO2. The van der Waals surface area contributed by atoms with Gasteiger partial charge in [0.15, 0.2) is 0 Å². The first kappa shape index (κ1) is 10.1. The number of hydrogen-bond donors (Lipinski definition) is 1. The van der Waals surface area contributed by atoms with Crippen molar-refractivity contribution in [1.82, 2.24) is 0 Å². The van der Waals surface area contributed by atoms with Crippen LogP contribution in [0.5, 0.6) is 0 Å². The highest BCUT2D eigenvalue weighted by molar-refractivity contribution is 6.30. The number of benzene rings is 1. The molecule has 70 valence electrons. The first-order valence-electron chi connectivity index (χ1n) is 4.11. The molecule has 1 aromatic carbocycles. The van der Waals surface area contributed by atoms with E-state index < -0.39 is 0 Å². The predicted molar refractivity (Wildman–Crippen MR) is 52.1 cm³/mol. The third kappa shape index (κ3) is 3.47. The van der Waals surface area contributed by atoms with Crippen LogP contribution in [0.15, 0.2) is 24.3 Å². The van der Waals surface area contributed by atoms with Gasteiger partial charge < -0.3 is 5.11 Å². The lowest BCUT2D eigenvalue weighted by Gasteiger charge is -1.95. The molecule has 0 saturated heterocycles. The van der Waals surface area contributed by atoms with Gasteiger partial charge in [-0.2, -0.15) is 0 Å². The van der Waals surface area contributed by atoms with Crippen molar-refractivity contribution >= 4 is 18.1 Å². The smallest absolute Gasteiger partial charge is 0.290 e. The minimum absolute atomic E-state index is 0.250. The van der Waals surface area contributed by atoms with E-state index in [0.717, 1.165) is 10.9 Å². The standard InChI is InChI=1S/C9H9Cl.CH2O2/c10-9-3-1-2-8(6-9)7-4-5-7;2-1-3/h1-3,6-7H,4-5H2;1H,(H,2,3). The third-order valence-corrected chi connectivity index (χ3v) is 2.13. The zero-order chi connectivity index (χ0) is 9.68. The molecule has 1 saturated carbocycles. The summed E-state index contributed by atoms with van der Waals surface area (Å²) < 4.78 is 0. The highest BCUT2D eigenvalue weighted by Crippen LogP contribution is 2.40. The highest BCUT2D eigenvalue weighted by atomic mass is 35.5. The molecule has 1 N–H and O–H groups in total. The number of rotatable bonds is 1. The van der Waals surface area contributed by atoms with E-state index in [1.54, 1.807) is 0 Å². The van der Waals surface area contributed by atoms with Gasteiger partial charge in [-0.25, -0.2) is 0 Å². The summed E-state index contributed by atoms with van der Waals surface area (Å²) in [6, 6.07) is 8.17. The van der Waals surface area contributed by atoms with E-state index in [4.69, 9.17) is 21.5 Å². The van der Waals surface area contributed by atoms with Crippen molar-refractivity contribution in [2.45, 2.75) is 18.8 Å². The molecule has 13 heavy (non-hydrogen) atoms. The molecule has 1 aromatic rings. The van der Waals surface area contributed by atoms with Crippen LogP contribution in [0.4, 0.5) is 0 Å². The summed E-state index contributed by atoms with van der Waals surface area (Å²) in [7, 11) is 0. The first-order chi connectivity index (χ1) is 6.27. The molecule has 1 fully saturated rings. The van der Waals surface area contributed by atoms with E-state index in [2.05, 4.69) is 12.1 Å². The first-order valence-corrected chi connectivity index (χ1v) is 4.49. The van der Waals surface area contributed by atoms with Gasteiger partial charge in [-0.15, -0.1) is 0 Å². The highest BCUT2D eigenvalue weighted by Gasteiger charge is 2.22. The number of halogens is 1. The molecule has 0 aliphatic heterocycles. The SMILES string of the molecule is Clc1cccc(C2CC2)c1.O=CO. The molecule has 3 heteroatoms. The van der Waals surface area contributed by atoms with Crippen LogP contribution in [0.3, 0.4) is 0 Å². The Hall–Kier alpha value is -1.02. The molecule has 0 atom stereocenters. The Labute approximate surface area is 82.2 Å². The summed E-state index contributed by atoms with van der Waals surface area (Å²) >= 11 is 5.82. The van der Waals surface area contributed by atoms with Gasteiger partial charge in [-0.3, -0.25) is 4.79 Å². The number of carbonyl (C=O) groups is 1. The topological polar surface area (TPSA) is 37.3 Å². The Balaban J connectivity index is 0.000000251.